The maximum atomic E-state index is 10.3. The molecule has 5 nitrogen and oxygen atoms in total. The number of ether oxygens (including phenoxy) is 3. The Labute approximate surface area is 136 Å². The van der Waals surface area contributed by atoms with Crippen molar-refractivity contribution < 1.29 is 24.4 Å². The van der Waals surface area contributed by atoms with Crippen molar-refractivity contribution in [3.63, 3.8) is 0 Å². The maximum Gasteiger partial charge on any atom is 0.126 e. The number of aliphatic hydroxyl groups is 1. The van der Waals surface area contributed by atoms with Crippen molar-refractivity contribution in [2.24, 2.45) is 0 Å². The lowest BCUT2D eigenvalue weighted by molar-refractivity contribution is 0.279. The van der Waals surface area contributed by atoms with Crippen LogP contribution in [0.2, 0.25) is 0 Å². The molecular weight excluding hydrogens is 296 g/mol. The van der Waals surface area contributed by atoms with E-state index in [0.29, 0.717) is 29.2 Å². The number of aliphatic hydroxyl groups excluding tert-OH is 1. The zero-order valence-corrected chi connectivity index (χ0v) is 13.6. The summed E-state index contributed by atoms with van der Waals surface area (Å²) >= 11 is 0. The third kappa shape index (κ3) is 3.68. The zero-order chi connectivity index (χ0) is 16.8. The molecular formula is C18H22O5. The molecule has 0 heterocycles. The van der Waals surface area contributed by atoms with Crippen LogP contribution in [0.1, 0.15) is 23.5 Å². The summed E-state index contributed by atoms with van der Waals surface area (Å²) < 4.78 is 15.9. The molecule has 0 spiro atoms. The van der Waals surface area contributed by atoms with Gasteiger partial charge < -0.3 is 24.4 Å². The van der Waals surface area contributed by atoms with Gasteiger partial charge in [0.1, 0.15) is 23.0 Å². The van der Waals surface area contributed by atoms with Crippen LogP contribution in [-0.4, -0.2) is 38.1 Å². The molecule has 0 aliphatic carbocycles. The summed E-state index contributed by atoms with van der Waals surface area (Å²) in [6.07, 6.45) is 0.448. The highest BCUT2D eigenvalue weighted by Crippen LogP contribution is 2.40. The first kappa shape index (κ1) is 17.0. The van der Waals surface area contributed by atoms with Crippen LogP contribution in [0.15, 0.2) is 36.4 Å². The molecule has 0 saturated heterocycles. The molecule has 2 aromatic carbocycles. The van der Waals surface area contributed by atoms with E-state index < -0.39 is 0 Å². The van der Waals surface area contributed by atoms with E-state index in [1.165, 1.54) is 0 Å². The molecule has 0 aromatic heterocycles. The van der Waals surface area contributed by atoms with Gasteiger partial charge in [-0.2, -0.15) is 0 Å². The third-order valence-corrected chi connectivity index (χ3v) is 3.84. The number of aromatic hydroxyl groups is 1. The van der Waals surface area contributed by atoms with E-state index in [1.807, 2.05) is 12.1 Å². The van der Waals surface area contributed by atoms with Gasteiger partial charge in [0, 0.05) is 29.7 Å². The van der Waals surface area contributed by atoms with Gasteiger partial charge >= 0.3 is 0 Å². The van der Waals surface area contributed by atoms with Gasteiger partial charge in [-0.15, -0.1) is 0 Å². The van der Waals surface area contributed by atoms with E-state index in [4.69, 9.17) is 14.2 Å². The van der Waals surface area contributed by atoms with E-state index >= 15 is 0 Å². The summed E-state index contributed by atoms with van der Waals surface area (Å²) in [5.74, 6) is 1.90. The Morgan fingerprint density at radius 3 is 2.13 bits per heavy atom. The summed E-state index contributed by atoms with van der Waals surface area (Å²) in [6, 6.07) is 10.6. The Bertz CT molecular complexity index is 654. The number of methoxy groups -OCH3 is 3. The zero-order valence-electron chi connectivity index (χ0n) is 13.6. The summed E-state index contributed by atoms with van der Waals surface area (Å²) in [4.78, 5) is 0. The molecule has 0 fully saturated rings. The molecule has 2 N–H and O–H groups in total. The maximum absolute atomic E-state index is 10.3. The summed E-state index contributed by atoms with van der Waals surface area (Å²) in [5.41, 5.74) is 1.55. The first-order valence-corrected chi connectivity index (χ1v) is 7.34. The summed E-state index contributed by atoms with van der Waals surface area (Å²) in [7, 11) is 4.75. The Morgan fingerprint density at radius 1 is 0.870 bits per heavy atom. The van der Waals surface area contributed by atoms with E-state index in [2.05, 4.69) is 0 Å². The van der Waals surface area contributed by atoms with Crippen LogP contribution in [0.4, 0.5) is 0 Å². The van der Waals surface area contributed by atoms with Crippen molar-refractivity contribution in [3.8, 4) is 23.0 Å². The highest BCUT2D eigenvalue weighted by atomic mass is 16.5. The van der Waals surface area contributed by atoms with Crippen LogP contribution in [0.3, 0.4) is 0 Å². The SMILES string of the molecule is COc1ccc(C(CCO)c2cc(OC)ccc2O)c(OC)c1. The molecule has 1 unspecified atom stereocenters. The average Bonchev–Trinajstić information content (AvgIpc) is 2.60. The quantitative estimate of drug-likeness (QED) is 0.821. The van der Waals surface area contributed by atoms with Crippen molar-refractivity contribution in [2.45, 2.75) is 12.3 Å². The minimum Gasteiger partial charge on any atom is -0.508 e. The fraction of sp³-hybridized carbons (Fsp3) is 0.333. The highest BCUT2D eigenvalue weighted by Gasteiger charge is 2.22. The van der Waals surface area contributed by atoms with Crippen molar-refractivity contribution in [3.05, 3.63) is 47.5 Å². The average molecular weight is 318 g/mol. The third-order valence-electron chi connectivity index (χ3n) is 3.84. The molecule has 0 aliphatic rings. The minimum atomic E-state index is -0.226. The number of benzene rings is 2. The van der Waals surface area contributed by atoms with Crippen molar-refractivity contribution in [1.29, 1.82) is 0 Å². The van der Waals surface area contributed by atoms with Crippen LogP contribution in [0.5, 0.6) is 23.0 Å². The molecule has 124 valence electrons. The van der Waals surface area contributed by atoms with Crippen LogP contribution >= 0.6 is 0 Å². The Hall–Kier alpha value is -2.40. The van der Waals surface area contributed by atoms with Crippen molar-refractivity contribution in [1.82, 2.24) is 0 Å². The molecule has 2 aromatic rings. The lowest BCUT2D eigenvalue weighted by atomic mass is 9.87. The first-order chi connectivity index (χ1) is 11.1. The molecule has 0 amide bonds. The van der Waals surface area contributed by atoms with E-state index in [9.17, 15) is 10.2 Å². The predicted octanol–water partition coefficient (Wildman–Crippen LogP) is 2.93. The smallest absolute Gasteiger partial charge is 0.126 e. The monoisotopic (exact) mass is 318 g/mol. The topological polar surface area (TPSA) is 68.2 Å². The normalized spacial score (nSPS) is 11.8. The molecule has 0 aliphatic heterocycles. The van der Waals surface area contributed by atoms with Crippen LogP contribution in [0.25, 0.3) is 0 Å². The number of phenolic OH excluding ortho intramolecular Hbond substituents is 1. The highest BCUT2D eigenvalue weighted by molar-refractivity contribution is 5.51. The Balaban J connectivity index is 2.54. The standard InChI is InChI=1S/C18H22O5/c1-21-12-5-7-17(20)16(10-12)14(8-9-19)15-6-4-13(22-2)11-18(15)23-3/h4-7,10-11,14,19-20H,8-9H2,1-3H3. The summed E-state index contributed by atoms with van der Waals surface area (Å²) in [5, 5.41) is 19.7. The van der Waals surface area contributed by atoms with Crippen LogP contribution in [-0.2, 0) is 0 Å². The van der Waals surface area contributed by atoms with Gasteiger partial charge in [0.15, 0.2) is 0 Å². The number of hydrogen-bond acceptors (Lipinski definition) is 5. The second-order valence-electron chi connectivity index (χ2n) is 5.10. The van der Waals surface area contributed by atoms with E-state index in [-0.39, 0.29) is 18.3 Å². The predicted molar refractivity (Wildman–Crippen MR) is 87.8 cm³/mol. The molecule has 2 rings (SSSR count). The van der Waals surface area contributed by atoms with Crippen LogP contribution < -0.4 is 14.2 Å². The molecule has 1 atom stereocenters. The van der Waals surface area contributed by atoms with Gasteiger partial charge in [-0.3, -0.25) is 0 Å². The van der Waals surface area contributed by atoms with Gasteiger partial charge in [0.2, 0.25) is 0 Å². The fourth-order valence-corrected chi connectivity index (χ4v) is 2.65. The van der Waals surface area contributed by atoms with Gasteiger partial charge in [0.05, 0.1) is 21.3 Å². The van der Waals surface area contributed by atoms with Gasteiger partial charge in [-0.25, -0.2) is 0 Å². The molecule has 5 heteroatoms. The van der Waals surface area contributed by atoms with E-state index in [0.717, 1.165) is 5.56 Å². The second-order valence-corrected chi connectivity index (χ2v) is 5.10. The second kappa shape index (κ2) is 7.74. The Morgan fingerprint density at radius 2 is 1.52 bits per heavy atom. The number of hydrogen-bond donors (Lipinski definition) is 2. The van der Waals surface area contributed by atoms with E-state index in [1.54, 1.807) is 45.6 Å². The summed E-state index contributed by atoms with van der Waals surface area (Å²) in [6.45, 7) is -0.0174. The van der Waals surface area contributed by atoms with Crippen molar-refractivity contribution >= 4 is 0 Å². The fourth-order valence-electron chi connectivity index (χ4n) is 2.65. The van der Waals surface area contributed by atoms with Gasteiger partial charge in [-0.05, 0) is 30.7 Å². The molecule has 0 bridgehead atoms. The molecule has 0 radical (unpaired) electrons. The van der Waals surface area contributed by atoms with Gasteiger partial charge in [-0.1, -0.05) is 6.07 Å². The lowest BCUT2D eigenvalue weighted by Gasteiger charge is -2.21. The number of phenols is 1. The molecule has 23 heavy (non-hydrogen) atoms. The Kier molecular flexibility index (Phi) is 5.71. The first-order valence-electron chi connectivity index (χ1n) is 7.34. The molecule has 0 saturated carbocycles. The van der Waals surface area contributed by atoms with Crippen LogP contribution in [0, 0.1) is 0 Å². The number of rotatable bonds is 7. The largest absolute Gasteiger partial charge is 0.508 e. The lowest BCUT2D eigenvalue weighted by Crippen LogP contribution is -2.07. The minimum absolute atomic E-state index is 0.0174. The van der Waals surface area contributed by atoms with Crippen molar-refractivity contribution in [2.75, 3.05) is 27.9 Å². The van der Waals surface area contributed by atoms with Gasteiger partial charge in [0.25, 0.3) is 0 Å².